The molecule has 0 aliphatic rings. The lowest BCUT2D eigenvalue weighted by molar-refractivity contribution is -0.117. The number of aryl methyl sites for hydroxylation is 2. The van der Waals surface area contributed by atoms with Crippen molar-refractivity contribution in [1.82, 2.24) is 4.57 Å². The Labute approximate surface area is 168 Å². The first-order valence-electron chi connectivity index (χ1n) is 8.79. The number of hydrogen-bond donors (Lipinski definition) is 0. The lowest BCUT2D eigenvalue weighted by Gasteiger charge is -2.08. The van der Waals surface area contributed by atoms with Crippen LogP contribution in [0.1, 0.15) is 16.7 Å². The van der Waals surface area contributed by atoms with Crippen molar-refractivity contribution in [3.05, 3.63) is 51.8 Å². The number of ether oxygens (including phenoxy) is 2. The van der Waals surface area contributed by atoms with Crippen molar-refractivity contribution < 1.29 is 14.3 Å². The standard InChI is InChI=1S/C22H22N2O3S/c1-6-9-24-17-10-14(2)15(3)11-20(17)28-22(24)23-21(25)13-16-7-8-18(26-4)19(12-16)27-5/h1,7-8,10-12H,9,13H2,2-5H3. The predicted octanol–water partition coefficient (Wildman–Crippen LogP) is 3.64. The maximum atomic E-state index is 12.6. The molecule has 3 rings (SSSR count). The average molecular weight is 394 g/mol. The Morgan fingerprint density at radius 1 is 1.14 bits per heavy atom. The van der Waals surface area contributed by atoms with Gasteiger partial charge in [0, 0.05) is 0 Å². The number of terminal acetylenes is 1. The van der Waals surface area contributed by atoms with E-state index in [0.717, 1.165) is 15.8 Å². The minimum atomic E-state index is -0.238. The van der Waals surface area contributed by atoms with Crippen LogP contribution in [0.4, 0.5) is 0 Å². The van der Waals surface area contributed by atoms with E-state index in [1.54, 1.807) is 26.4 Å². The van der Waals surface area contributed by atoms with Crippen LogP contribution in [0.2, 0.25) is 0 Å². The highest BCUT2D eigenvalue weighted by Gasteiger charge is 2.11. The van der Waals surface area contributed by atoms with Crippen molar-refractivity contribution in [3.8, 4) is 23.8 Å². The van der Waals surface area contributed by atoms with Gasteiger partial charge in [-0.3, -0.25) is 4.79 Å². The fourth-order valence-electron chi connectivity index (χ4n) is 2.96. The summed E-state index contributed by atoms with van der Waals surface area (Å²) in [5, 5.41) is 0. The van der Waals surface area contributed by atoms with Crippen LogP contribution in [0, 0.1) is 26.2 Å². The second-order valence-electron chi connectivity index (χ2n) is 6.45. The molecule has 0 radical (unpaired) electrons. The molecule has 0 bridgehead atoms. The Bertz CT molecular complexity index is 1150. The molecule has 6 heteroatoms. The van der Waals surface area contributed by atoms with E-state index >= 15 is 0 Å². The van der Waals surface area contributed by atoms with Gasteiger partial charge in [-0.2, -0.15) is 4.99 Å². The molecule has 0 fully saturated rings. The van der Waals surface area contributed by atoms with Crippen molar-refractivity contribution in [2.24, 2.45) is 4.99 Å². The summed E-state index contributed by atoms with van der Waals surface area (Å²) < 4.78 is 13.5. The predicted molar refractivity (Wildman–Crippen MR) is 112 cm³/mol. The van der Waals surface area contributed by atoms with Gasteiger partial charge in [0.05, 0.1) is 37.4 Å². The molecule has 0 aliphatic carbocycles. The van der Waals surface area contributed by atoms with E-state index in [1.807, 2.05) is 10.6 Å². The first-order chi connectivity index (χ1) is 13.5. The maximum absolute atomic E-state index is 12.6. The molecule has 0 N–H and O–H groups in total. The number of aromatic nitrogens is 1. The largest absolute Gasteiger partial charge is 0.493 e. The average Bonchev–Trinajstić information content (AvgIpc) is 2.98. The molecular weight excluding hydrogens is 372 g/mol. The molecular formula is C22H22N2O3S. The van der Waals surface area contributed by atoms with Crippen LogP contribution in [0.25, 0.3) is 10.2 Å². The number of rotatable bonds is 5. The molecule has 0 aliphatic heterocycles. The SMILES string of the molecule is C#CCn1c(=NC(=O)Cc2ccc(OC)c(OC)c2)sc2cc(C)c(C)cc21. The van der Waals surface area contributed by atoms with Gasteiger partial charge in [0.15, 0.2) is 16.3 Å². The van der Waals surface area contributed by atoms with E-state index in [9.17, 15) is 4.79 Å². The van der Waals surface area contributed by atoms with E-state index in [1.165, 1.54) is 22.5 Å². The van der Waals surface area contributed by atoms with E-state index in [4.69, 9.17) is 15.9 Å². The van der Waals surface area contributed by atoms with Crippen LogP contribution in [0.15, 0.2) is 35.3 Å². The van der Waals surface area contributed by atoms with Crippen molar-refractivity contribution in [3.63, 3.8) is 0 Å². The fourth-order valence-corrected chi connectivity index (χ4v) is 4.09. The third-order valence-corrected chi connectivity index (χ3v) is 5.61. The first-order valence-corrected chi connectivity index (χ1v) is 9.61. The van der Waals surface area contributed by atoms with Crippen LogP contribution in [0.3, 0.4) is 0 Å². The summed E-state index contributed by atoms with van der Waals surface area (Å²) in [7, 11) is 3.14. The Hall–Kier alpha value is -3.04. The number of thiazole rings is 1. The van der Waals surface area contributed by atoms with Crippen LogP contribution in [-0.4, -0.2) is 24.7 Å². The van der Waals surface area contributed by atoms with Crippen LogP contribution < -0.4 is 14.3 Å². The van der Waals surface area contributed by atoms with Gasteiger partial charge in [0.25, 0.3) is 5.91 Å². The van der Waals surface area contributed by atoms with Gasteiger partial charge in [-0.25, -0.2) is 0 Å². The zero-order valence-electron chi connectivity index (χ0n) is 16.4. The second-order valence-corrected chi connectivity index (χ2v) is 7.46. The topological polar surface area (TPSA) is 52.8 Å². The van der Waals surface area contributed by atoms with Gasteiger partial charge in [0.1, 0.15) is 0 Å². The summed E-state index contributed by atoms with van der Waals surface area (Å²) in [4.78, 5) is 17.6. The van der Waals surface area contributed by atoms with E-state index in [2.05, 4.69) is 36.9 Å². The maximum Gasteiger partial charge on any atom is 0.252 e. The summed E-state index contributed by atoms with van der Waals surface area (Å²) in [6.07, 6.45) is 5.71. The molecule has 0 saturated heterocycles. The third-order valence-electron chi connectivity index (χ3n) is 4.57. The molecule has 1 heterocycles. The van der Waals surface area contributed by atoms with Gasteiger partial charge in [-0.15, -0.1) is 6.42 Å². The van der Waals surface area contributed by atoms with Crippen LogP contribution >= 0.6 is 11.3 Å². The molecule has 1 amide bonds. The van der Waals surface area contributed by atoms with Gasteiger partial charge < -0.3 is 14.0 Å². The summed E-state index contributed by atoms with van der Waals surface area (Å²) in [5.41, 5.74) is 4.19. The highest BCUT2D eigenvalue weighted by Crippen LogP contribution is 2.28. The molecule has 28 heavy (non-hydrogen) atoms. The van der Waals surface area contributed by atoms with Gasteiger partial charge in [-0.1, -0.05) is 23.3 Å². The summed E-state index contributed by atoms with van der Waals surface area (Å²) in [6.45, 7) is 4.50. The zero-order valence-corrected chi connectivity index (χ0v) is 17.2. The lowest BCUT2D eigenvalue weighted by Crippen LogP contribution is -2.17. The molecule has 0 atom stereocenters. The van der Waals surface area contributed by atoms with Crippen molar-refractivity contribution >= 4 is 27.5 Å². The Kier molecular flexibility index (Phi) is 5.86. The Morgan fingerprint density at radius 2 is 1.86 bits per heavy atom. The minimum absolute atomic E-state index is 0.169. The summed E-state index contributed by atoms with van der Waals surface area (Å²) in [5.74, 6) is 3.63. The first kappa shape index (κ1) is 19.7. The van der Waals surface area contributed by atoms with Crippen LogP contribution in [-0.2, 0) is 17.8 Å². The number of fused-ring (bicyclic) bond motifs is 1. The number of carbonyl (C=O) groups is 1. The quantitative estimate of drug-likeness (QED) is 0.621. The number of amides is 1. The number of carbonyl (C=O) groups excluding carboxylic acids is 1. The molecule has 3 aromatic rings. The van der Waals surface area contributed by atoms with Crippen molar-refractivity contribution in [2.75, 3.05) is 14.2 Å². The highest BCUT2D eigenvalue weighted by molar-refractivity contribution is 7.16. The second kappa shape index (κ2) is 8.32. The van der Waals surface area contributed by atoms with E-state index in [-0.39, 0.29) is 12.3 Å². The van der Waals surface area contributed by atoms with E-state index in [0.29, 0.717) is 22.8 Å². The number of nitrogens with zero attached hydrogens (tertiary/aromatic N) is 2. The van der Waals surface area contributed by atoms with E-state index < -0.39 is 0 Å². The fraction of sp³-hybridized carbons (Fsp3) is 0.273. The third kappa shape index (κ3) is 3.95. The monoisotopic (exact) mass is 394 g/mol. The molecule has 2 aromatic carbocycles. The van der Waals surface area contributed by atoms with Crippen molar-refractivity contribution in [1.29, 1.82) is 0 Å². The summed E-state index contributed by atoms with van der Waals surface area (Å²) in [6, 6.07) is 9.61. The molecule has 5 nitrogen and oxygen atoms in total. The highest BCUT2D eigenvalue weighted by atomic mass is 32.1. The zero-order chi connectivity index (χ0) is 20.3. The number of benzene rings is 2. The lowest BCUT2D eigenvalue weighted by atomic mass is 10.1. The van der Waals surface area contributed by atoms with Gasteiger partial charge in [0.2, 0.25) is 0 Å². The van der Waals surface area contributed by atoms with Crippen molar-refractivity contribution in [2.45, 2.75) is 26.8 Å². The Morgan fingerprint density at radius 3 is 2.54 bits per heavy atom. The molecule has 144 valence electrons. The summed E-state index contributed by atoms with van der Waals surface area (Å²) >= 11 is 1.47. The molecule has 0 spiro atoms. The van der Waals surface area contributed by atoms with Crippen LogP contribution in [0.5, 0.6) is 11.5 Å². The molecule has 1 aromatic heterocycles. The number of methoxy groups -OCH3 is 2. The van der Waals surface area contributed by atoms with Gasteiger partial charge in [-0.05, 0) is 54.8 Å². The molecule has 0 saturated carbocycles. The smallest absolute Gasteiger partial charge is 0.252 e. The Balaban J connectivity index is 1.98. The number of hydrogen-bond acceptors (Lipinski definition) is 4. The normalized spacial score (nSPS) is 11.5. The van der Waals surface area contributed by atoms with Gasteiger partial charge >= 0.3 is 0 Å². The molecule has 0 unspecified atom stereocenters. The minimum Gasteiger partial charge on any atom is -0.493 e.